The Morgan fingerprint density at radius 1 is 1.07 bits per heavy atom. The molecule has 1 amide bonds. The van der Waals surface area contributed by atoms with Gasteiger partial charge in [-0.25, -0.2) is 8.42 Å². The second kappa shape index (κ2) is 9.15. The Kier molecular flexibility index (Phi) is 6.54. The number of thioether (sulfide) groups is 1. The molecule has 158 valence electrons. The second-order valence-electron chi connectivity index (χ2n) is 6.63. The summed E-state index contributed by atoms with van der Waals surface area (Å²) in [5, 5.41) is 0. The first-order chi connectivity index (χ1) is 14.4. The molecule has 4 rings (SSSR count). The van der Waals surface area contributed by atoms with E-state index in [1.54, 1.807) is 22.7 Å². The number of hydrogen-bond acceptors (Lipinski definition) is 6. The molecule has 0 unspecified atom stereocenters. The standard InChI is InChI=1S/C20H19ClN2O4S3/c21-17-6-7-18(29-17)30(25,26)23-11-9-22(10-12-23)20(24)19-15(8-13-27-19)14-28-16-4-2-1-3-5-16/h1-8,13H,9-12,14H2. The molecule has 1 saturated heterocycles. The first kappa shape index (κ1) is 21.5. The lowest BCUT2D eigenvalue weighted by atomic mass is 10.2. The number of rotatable bonds is 6. The lowest BCUT2D eigenvalue weighted by Crippen LogP contribution is -2.50. The van der Waals surface area contributed by atoms with Gasteiger partial charge in [-0.3, -0.25) is 4.79 Å². The van der Waals surface area contributed by atoms with E-state index in [0.29, 0.717) is 28.9 Å². The summed E-state index contributed by atoms with van der Waals surface area (Å²) in [6.07, 6.45) is 1.52. The molecule has 10 heteroatoms. The van der Waals surface area contributed by atoms with Crippen LogP contribution >= 0.6 is 34.7 Å². The Morgan fingerprint density at radius 2 is 1.80 bits per heavy atom. The van der Waals surface area contributed by atoms with Gasteiger partial charge in [0.2, 0.25) is 0 Å². The van der Waals surface area contributed by atoms with Crippen molar-refractivity contribution in [2.24, 2.45) is 0 Å². The fourth-order valence-corrected chi connectivity index (χ4v) is 7.11. The molecule has 0 N–H and O–H groups in total. The van der Waals surface area contributed by atoms with Crippen LogP contribution in [-0.2, 0) is 15.8 Å². The first-order valence-corrected chi connectivity index (χ1v) is 12.9. The number of halogens is 1. The quantitative estimate of drug-likeness (QED) is 0.486. The SMILES string of the molecule is O=C(c1occc1CSc1ccccc1)N1CCN(S(=O)(=O)c2ccc(Cl)s2)CC1. The maximum absolute atomic E-state index is 13.0. The summed E-state index contributed by atoms with van der Waals surface area (Å²) >= 11 is 8.55. The molecule has 0 radical (unpaired) electrons. The van der Waals surface area contributed by atoms with Gasteiger partial charge >= 0.3 is 0 Å². The number of carbonyl (C=O) groups is 1. The fraction of sp³-hybridized carbons (Fsp3) is 0.250. The molecule has 0 saturated carbocycles. The zero-order valence-electron chi connectivity index (χ0n) is 15.9. The van der Waals surface area contributed by atoms with Crippen LogP contribution in [0.4, 0.5) is 0 Å². The molecule has 1 aliphatic rings. The van der Waals surface area contributed by atoms with Gasteiger partial charge in [-0.2, -0.15) is 4.31 Å². The largest absolute Gasteiger partial charge is 0.459 e. The van der Waals surface area contributed by atoms with Crippen molar-refractivity contribution in [2.75, 3.05) is 26.2 Å². The zero-order valence-corrected chi connectivity index (χ0v) is 19.1. The van der Waals surface area contributed by atoms with E-state index in [9.17, 15) is 13.2 Å². The number of carbonyl (C=O) groups excluding carboxylic acids is 1. The van der Waals surface area contributed by atoms with E-state index in [2.05, 4.69) is 0 Å². The molecular weight excluding hydrogens is 464 g/mol. The molecule has 0 aliphatic carbocycles. The van der Waals surface area contributed by atoms with Gasteiger partial charge in [0.15, 0.2) is 5.76 Å². The molecule has 3 aromatic rings. The van der Waals surface area contributed by atoms with Gasteiger partial charge in [-0.1, -0.05) is 29.8 Å². The molecular formula is C20H19ClN2O4S3. The predicted molar refractivity (Wildman–Crippen MR) is 119 cm³/mol. The number of benzene rings is 1. The van der Waals surface area contributed by atoms with Gasteiger partial charge in [-0.05, 0) is 30.3 Å². The van der Waals surface area contributed by atoms with Crippen LogP contribution in [0.15, 0.2) is 68.3 Å². The average Bonchev–Trinajstić information content (AvgIpc) is 3.42. The number of thiophene rings is 1. The molecule has 1 aliphatic heterocycles. The van der Waals surface area contributed by atoms with Gasteiger partial charge in [-0.15, -0.1) is 23.1 Å². The van der Waals surface area contributed by atoms with E-state index >= 15 is 0 Å². The summed E-state index contributed by atoms with van der Waals surface area (Å²) in [5.41, 5.74) is 0.831. The molecule has 3 heterocycles. The van der Waals surface area contributed by atoms with Crippen LogP contribution < -0.4 is 0 Å². The highest BCUT2D eigenvalue weighted by atomic mass is 35.5. The lowest BCUT2D eigenvalue weighted by Gasteiger charge is -2.33. The van der Waals surface area contributed by atoms with Crippen molar-refractivity contribution in [1.29, 1.82) is 0 Å². The summed E-state index contributed by atoms with van der Waals surface area (Å²) in [6.45, 7) is 1.09. The molecule has 0 atom stereocenters. The Balaban J connectivity index is 1.39. The second-order valence-corrected chi connectivity index (χ2v) is 11.6. The third kappa shape index (κ3) is 4.60. The smallest absolute Gasteiger partial charge is 0.289 e. The number of amides is 1. The number of hydrogen-bond donors (Lipinski definition) is 0. The van der Waals surface area contributed by atoms with Crippen molar-refractivity contribution < 1.29 is 17.6 Å². The third-order valence-corrected chi connectivity index (χ3v) is 9.41. The first-order valence-electron chi connectivity index (χ1n) is 9.24. The molecule has 0 bridgehead atoms. The Morgan fingerprint density at radius 3 is 2.47 bits per heavy atom. The normalized spacial score (nSPS) is 15.4. The van der Waals surface area contributed by atoms with Gasteiger partial charge in [0.25, 0.3) is 15.9 Å². The van der Waals surface area contributed by atoms with E-state index < -0.39 is 10.0 Å². The van der Waals surface area contributed by atoms with Crippen LogP contribution in [0.2, 0.25) is 4.34 Å². The highest BCUT2D eigenvalue weighted by Gasteiger charge is 2.32. The van der Waals surface area contributed by atoms with Gasteiger partial charge in [0.05, 0.1) is 10.6 Å². The predicted octanol–water partition coefficient (Wildman–Crippen LogP) is 4.43. The number of piperazine rings is 1. The van der Waals surface area contributed by atoms with Crippen molar-refractivity contribution in [1.82, 2.24) is 9.21 Å². The highest BCUT2D eigenvalue weighted by Crippen LogP contribution is 2.29. The summed E-state index contributed by atoms with van der Waals surface area (Å²) in [4.78, 5) is 15.7. The number of furan rings is 1. The van der Waals surface area contributed by atoms with Crippen molar-refractivity contribution in [3.63, 3.8) is 0 Å². The molecule has 0 spiro atoms. The van der Waals surface area contributed by atoms with Gasteiger partial charge in [0, 0.05) is 42.4 Å². The van der Waals surface area contributed by atoms with E-state index in [-0.39, 0.29) is 23.2 Å². The van der Waals surface area contributed by atoms with Gasteiger partial charge in [0.1, 0.15) is 4.21 Å². The molecule has 30 heavy (non-hydrogen) atoms. The average molecular weight is 483 g/mol. The van der Waals surface area contributed by atoms with E-state index in [4.69, 9.17) is 16.0 Å². The van der Waals surface area contributed by atoms with Crippen LogP contribution in [0.5, 0.6) is 0 Å². The van der Waals surface area contributed by atoms with Crippen LogP contribution in [0, 0.1) is 0 Å². The Bertz CT molecular complexity index is 1120. The molecule has 1 fully saturated rings. The Labute approximate surface area is 188 Å². The minimum absolute atomic E-state index is 0.208. The summed E-state index contributed by atoms with van der Waals surface area (Å²) in [5.74, 6) is 0.731. The van der Waals surface area contributed by atoms with Crippen molar-refractivity contribution in [3.8, 4) is 0 Å². The van der Waals surface area contributed by atoms with Crippen molar-refractivity contribution in [2.45, 2.75) is 14.9 Å². The molecule has 6 nitrogen and oxygen atoms in total. The Hall–Kier alpha value is -1.78. The van der Waals surface area contributed by atoms with Crippen LogP contribution in [0.3, 0.4) is 0 Å². The summed E-state index contributed by atoms with van der Waals surface area (Å²) < 4.78 is 33.0. The summed E-state index contributed by atoms with van der Waals surface area (Å²) in [7, 11) is -3.59. The fourth-order valence-electron chi connectivity index (χ4n) is 3.15. The van der Waals surface area contributed by atoms with Gasteiger partial charge < -0.3 is 9.32 Å². The minimum atomic E-state index is -3.59. The van der Waals surface area contributed by atoms with Crippen LogP contribution in [-0.4, -0.2) is 49.7 Å². The van der Waals surface area contributed by atoms with E-state index in [0.717, 1.165) is 21.8 Å². The maximum atomic E-state index is 13.0. The van der Waals surface area contributed by atoms with E-state index in [1.807, 2.05) is 36.4 Å². The number of nitrogens with zero attached hydrogens (tertiary/aromatic N) is 2. The van der Waals surface area contributed by atoms with Crippen LogP contribution in [0.25, 0.3) is 0 Å². The lowest BCUT2D eigenvalue weighted by molar-refractivity contribution is 0.0665. The third-order valence-electron chi connectivity index (χ3n) is 4.75. The molecule has 1 aromatic carbocycles. The van der Waals surface area contributed by atoms with Crippen molar-refractivity contribution in [3.05, 3.63) is 70.5 Å². The maximum Gasteiger partial charge on any atom is 0.289 e. The number of sulfonamides is 1. The minimum Gasteiger partial charge on any atom is -0.459 e. The van der Waals surface area contributed by atoms with E-state index in [1.165, 1.54) is 16.6 Å². The van der Waals surface area contributed by atoms with Crippen molar-refractivity contribution >= 4 is 50.6 Å². The summed E-state index contributed by atoms with van der Waals surface area (Å²) in [6, 6.07) is 14.8. The molecule has 2 aromatic heterocycles. The van der Waals surface area contributed by atoms with Crippen LogP contribution in [0.1, 0.15) is 16.1 Å². The monoisotopic (exact) mass is 482 g/mol. The topological polar surface area (TPSA) is 70.8 Å². The highest BCUT2D eigenvalue weighted by molar-refractivity contribution is 7.98. The zero-order chi connectivity index (χ0) is 21.1.